The highest BCUT2D eigenvalue weighted by atomic mass is 32.2. The minimum Gasteiger partial charge on any atom is -0.273 e. The fourth-order valence-corrected chi connectivity index (χ4v) is 1.34. The predicted molar refractivity (Wildman–Crippen MR) is 32.3 cm³/mol. The van der Waals surface area contributed by atoms with Gasteiger partial charge in [-0.3, -0.25) is 14.1 Å². The van der Waals surface area contributed by atoms with Crippen molar-refractivity contribution in [3.63, 3.8) is 0 Å². The number of imide groups is 1. The normalized spacial score (nSPS) is 19.5. The topological polar surface area (TPSA) is 91.8 Å². The van der Waals surface area contributed by atoms with Crippen molar-refractivity contribution in [1.29, 1.82) is 0 Å². The quantitative estimate of drug-likeness (QED) is 0.400. The number of hydrogen-bond donors (Lipinski definition) is 1. The van der Waals surface area contributed by atoms with Crippen LogP contribution in [0.15, 0.2) is 0 Å². The third-order valence-electron chi connectivity index (χ3n) is 1.11. The zero-order chi connectivity index (χ0) is 8.65. The number of carbonyl (C=O) groups excluding carboxylic acids is 2. The monoisotopic (exact) mass is 178 g/mol. The zero-order valence-electron chi connectivity index (χ0n) is 5.22. The highest BCUT2D eigenvalue weighted by Crippen LogP contribution is 2.13. The second-order valence-electron chi connectivity index (χ2n) is 1.88. The van der Waals surface area contributed by atoms with E-state index in [9.17, 15) is 18.0 Å². The smallest absolute Gasteiger partial charge is 0.273 e. The Hall–Kier alpha value is -0.950. The molecule has 2 amide bonds. The number of nitrogens with zero attached hydrogens (tertiary/aromatic N) is 1. The van der Waals surface area contributed by atoms with Crippen LogP contribution >= 0.6 is 0 Å². The van der Waals surface area contributed by atoms with Gasteiger partial charge in [0.25, 0.3) is 0 Å². The van der Waals surface area contributed by atoms with E-state index in [0.717, 1.165) is 6.42 Å². The Balaban J connectivity index is 3.05. The molecule has 1 heterocycles. The first kappa shape index (κ1) is 8.15. The molecule has 1 radical (unpaired) electrons. The van der Waals surface area contributed by atoms with Crippen molar-refractivity contribution in [3.8, 4) is 0 Å². The van der Waals surface area contributed by atoms with E-state index in [2.05, 4.69) is 0 Å². The molecule has 7 heteroatoms. The fourth-order valence-electron chi connectivity index (χ4n) is 0.706. The lowest BCUT2D eigenvalue weighted by atomic mass is 10.4. The Labute approximate surface area is 62.7 Å². The van der Waals surface area contributed by atoms with Crippen LogP contribution in [0, 0.1) is 6.42 Å². The lowest BCUT2D eigenvalue weighted by molar-refractivity contribution is -0.132. The summed E-state index contributed by atoms with van der Waals surface area (Å²) in [6, 6.07) is 0. The lowest BCUT2D eigenvalue weighted by Gasteiger charge is -2.06. The molecule has 0 aliphatic carbocycles. The molecular formula is C4H4NO5S. The number of hydrogen-bond acceptors (Lipinski definition) is 4. The molecule has 0 spiro atoms. The van der Waals surface area contributed by atoms with Gasteiger partial charge in [0.15, 0.2) is 0 Å². The second-order valence-corrected chi connectivity index (χ2v) is 3.14. The Morgan fingerprint density at radius 1 is 1.45 bits per heavy atom. The molecule has 0 bridgehead atoms. The van der Waals surface area contributed by atoms with Gasteiger partial charge in [-0.25, -0.2) is 0 Å². The van der Waals surface area contributed by atoms with E-state index in [-0.39, 0.29) is 10.7 Å². The summed E-state index contributed by atoms with van der Waals surface area (Å²) in [6.45, 7) is 0. The van der Waals surface area contributed by atoms with Crippen LogP contribution in [0.3, 0.4) is 0 Å². The van der Waals surface area contributed by atoms with Gasteiger partial charge in [-0.2, -0.15) is 12.7 Å². The molecule has 1 aliphatic rings. The lowest BCUT2D eigenvalue weighted by Crippen LogP contribution is -2.34. The first-order valence-corrected chi connectivity index (χ1v) is 4.00. The molecule has 0 aromatic carbocycles. The molecule has 11 heavy (non-hydrogen) atoms. The molecule has 1 rings (SSSR count). The van der Waals surface area contributed by atoms with Crippen LogP contribution in [0.1, 0.15) is 6.42 Å². The maximum Gasteiger partial charge on any atom is 0.368 e. The number of rotatable bonds is 1. The summed E-state index contributed by atoms with van der Waals surface area (Å²) < 4.78 is 28.7. The molecule has 1 saturated heterocycles. The van der Waals surface area contributed by atoms with Crippen LogP contribution < -0.4 is 0 Å². The van der Waals surface area contributed by atoms with Gasteiger partial charge < -0.3 is 0 Å². The fraction of sp³-hybridized carbons (Fsp3) is 0.250. The van der Waals surface area contributed by atoms with Crippen molar-refractivity contribution in [1.82, 2.24) is 4.31 Å². The van der Waals surface area contributed by atoms with E-state index in [1.54, 1.807) is 0 Å². The summed E-state index contributed by atoms with van der Waals surface area (Å²) in [5.74, 6) is -1.94. The van der Waals surface area contributed by atoms with Crippen LogP contribution in [0.5, 0.6) is 0 Å². The SMILES string of the molecule is O=C1[CH]CC(=O)N1S(=O)(=O)O. The Morgan fingerprint density at radius 2 is 2.00 bits per heavy atom. The largest absolute Gasteiger partial charge is 0.368 e. The average Bonchev–Trinajstić information content (AvgIpc) is 2.08. The van der Waals surface area contributed by atoms with E-state index < -0.39 is 22.1 Å². The van der Waals surface area contributed by atoms with Gasteiger partial charge in [0, 0.05) is 6.42 Å². The van der Waals surface area contributed by atoms with Crippen LogP contribution in [0.2, 0.25) is 0 Å². The van der Waals surface area contributed by atoms with E-state index >= 15 is 0 Å². The standard InChI is InChI=1S/C4H4NO5S/c6-3-1-2-4(7)5(3)11(8,9)10/h1H,2H2,(H,8,9,10). The molecule has 1 N–H and O–H groups in total. The van der Waals surface area contributed by atoms with Crippen molar-refractivity contribution >= 4 is 22.1 Å². The Morgan fingerprint density at radius 3 is 2.18 bits per heavy atom. The van der Waals surface area contributed by atoms with Crippen molar-refractivity contribution in [2.75, 3.05) is 0 Å². The molecule has 0 saturated carbocycles. The van der Waals surface area contributed by atoms with Crippen LogP contribution in [0.4, 0.5) is 0 Å². The van der Waals surface area contributed by atoms with E-state index in [4.69, 9.17) is 4.55 Å². The molecule has 1 aliphatic heterocycles. The van der Waals surface area contributed by atoms with Gasteiger partial charge in [-0.15, -0.1) is 0 Å². The molecule has 1 fully saturated rings. The summed E-state index contributed by atoms with van der Waals surface area (Å²) in [5.41, 5.74) is 0. The molecule has 0 unspecified atom stereocenters. The van der Waals surface area contributed by atoms with Gasteiger partial charge in [0.2, 0.25) is 11.8 Å². The zero-order valence-corrected chi connectivity index (χ0v) is 6.04. The number of amides is 2. The predicted octanol–water partition coefficient (Wildman–Crippen LogP) is -1.25. The van der Waals surface area contributed by atoms with E-state index in [1.165, 1.54) is 0 Å². The third kappa shape index (κ3) is 1.38. The molecule has 61 valence electrons. The molecule has 0 aromatic heterocycles. The van der Waals surface area contributed by atoms with Crippen LogP contribution in [-0.4, -0.2) is 29.1 Å². The van der Waals surface area contributed by atoms with Gasteiger partial charge >= 0.3 is 10.3 Å². The maximum atomic E-state index is 10.6. The highest BCUT2D eigenvalue weighted by Gasteiger charge is 2.37. The summed E-state index contributed by atoms with van der Waals surface area (Å²) in [7, 11) is -4.70. The maximum absolute atomic E-state index is 10.6. The molecular weight excluding hydrogens is 174 g/mol. The Kier molecular flexibility index (Phi) is 1.69. The Bertz CT molecular complexity index is 288. The van der Waals surface area contributed by atoms with Gasteiger partial charge in [0.05, 0.1) is 6.42 Å². The first-order valence-electron chi connectivity index (χ1n) is 2.60. The first-order chi connectivity index (χ1) is 4.93. The van der Waals surface area contributed by atoms with Crippen molar-refractivity contribution in [3.05, 3.63) is 6.42 Å². The minimum atomic E-state index is -4.70. The van der Waals surface area contributed by atoms with Crippen molar-refractivity contribution in [2.45, 2.75) is 6.42 Å². The summed E-state index contributed by atoms with van der Waals surface area (Å²) >= 11 is 0. The van der Waals surface area contributed by atoms with Gasteiger partial charge in [0.1, 0.15) is 0 Å². The highest BCUT2D eigenvalue weighted by molar-refractivity contribution is 7.84. The second kappa shape index (κ2) is 2.28. The third-order valence-corrected chi connectivity index (χ3v) is 1.95. The summed E-state index contributed by atoms with van der Waals surface area (Å²) in [5, 5.41) is 0. The van der Waals surface area contributed by atoms with Gasteiger partial charge in [-0.05, 0) is 0 Å². The summed E-state index contributed by atoms with van der Waals surface area (Å²) in [6.07, 6.45) is 0.606. The average molecular weight is 178 g/mol. The number of carbonyl (C=O) groups is 2. The summed E-state index contributed by atoms with van der Waals surface area (Å²) in [4.78, 5) is 21.1. The van der Waals surface area contributed by atoms with Crippen molar-refractivity contribution in [2.24, 2.45) is 0 Å². The van der Waals surface area contributed by atoms with E-state index in [1.807, 2.05) is 0 Å². The van der Waals surface area contributed by atoms with E-state index in [0.29, 0.717) is 0 Å². The van der Waals surface area contributed by atoms with Gasteiger partial charge in [-0.1, -0.05) is 0 Å². The van der Waals surface area contributed by atoms with Crippen molar-refractivity contribution < 1.29 is 22.6 Å². The van der Waals surface area contributed by atoms with Crippen LogP contribution in [0.25, 0.3) is 0 Å². The molecule has 0 atom stereocenters. The van der Waals surface area contributed by atoms with Crippen LogP contribution in [-0.2, 0) is 19.9 Å². The molecule has 0 aromatic rings. The molecule has 6 nitrogen and oxygen atoms in total. The minimum absolute atomic E-state index is 0.174.